The quantitative estimate of drug-likeness (QED) is 0.562. The van der Waals surface area contributed by atoms with Crippen molar-refractivity contribution in [3.8, 4) is 11.3 Å². The zero-order chi connectivity index (χ0) is 19.6. The van der Waals surface area contributed by atoms with Crippen LogP contribution in [0.3, 0.4) is 0 Å². The summed E-state index contributed by atoms with van der Waals surface area (Å²) in [7, 11) is 0. The van der Waals surface area contributed by atoms with Gasteiger partial charge in [0.25, 0.3) is 5.78 Å². The Bertz CT molecular complexity index is 1170. The van der Waals surface area contributed by atoms with Crippen molar-refractivity contribution in [2.24, 2.45) is 0 Å². The van der Waals surface area contributed by atoms with E-state index in [9.17, 15) is 4.79 Å². The predicted octanol–water partition coefficient (Wildman–Crippen LogP) is 3.45. The van der Waals surface area contributed by atoms with Gasteiger partial charge in [0.2, 0.25) is 0 Å². The second-order valence-electron chi connectivity index (χ2n) is 6.78. The van der Waals surface area contributed by atoms with Gasteiger partial charge in [0.1, 0.15) is 12.1 Å². The molecular formula is C21H19N7O. The molecule has 1 aliphatic rings. The van der Waals surface area contributed by atoms with Crippen molar-refractivity contribution in [3.05, 3.63) is 67.0 Å². The standard InChI is InChI=1S/C21H19N7O/c29-21-22-10-5-11-27(21)17-9-4-8-16(12-17)25-19-13-18(15-6-2-1-3-7-15)26-20-23-14-24-28(19)20/h1-4,6-9,12-14,25H,5,10-11H2,(H,22,29). The molecular weight excluding hydrogens is 366 g/mol. The molecule has 0 aliphatic carbocycles. The van der Waals surface area contributed by atoms with Crippen molar-refractivity contribution in [1.82, 2.24) is 24.9 Å². The molecule has 1 fully saturated rings. The van der Waals surface area contributed by atoms with Gasteiger partial charge in [-0.05, 0) is 24.6 Å². The Hall–Kier alpha value is -3.94. The molecule has 3 heterocycles. The third-order valence-electron chi connectivity index (χ3n) is 4.83. The molecule has 0 spiro atoms. The summed E-state index contributed by atoms with van der Waals surface area (Å²) in [5.74, 6) is 1.26. The highest BCUT2D eigenvalue weighted by atomic mass is 16.2. The zero-order valence-corrected chi connectivity index (χ0v) is 15.6. The van der Waals surface area contributed by atoms with Crippen LogP contribution in [0.1, 0.15) is 6.42 Å². The summed E-state index contributed by atoms with van der Waals surface area (Å²) in [6.45, 7) is 1.42. The first kappa shape index (κ1) is 17.2. The average molecular weight is 385 g/mol. The Morgan fingerprint density at radius 3 is 2.79 bits per heavy atom. The Morgan fingerprint density at radius 2 is 1.93 bits per heavy atom. The fraction of sp³-hybridized carbons (Fsp3) is 0.143. The van der Waals surface area contributed by atoms with Gasteiger partial charge in [-0.3, -0.25) is 4.90 Å². The SMILES string of the molecule is O=C1NCCCN1c1cccc(Nc2cc(-c3ccccc3)nc3ncnn23)c1. The van der Waals surface area contributed by atoms with Crippen LogP contribution in [0.5, 0.6) is 0 Å². The molecule has 4 aromatic rings. The number of nitrogens with zero attached hydrogens (tertiary/aromatic N) is 5. The van der Waals surface area contributed by atoms with Crippen LogP contribution >= 0.6 is 0 Å². The molecule has 2 aromatic heterocycles. The molecule has 8 heteroatoms. The molecule has 29 heavy (non-hydrogen) atoms. The number of hydrogen-bond donors (Lipinski definition) is 2. The van der Waals surface area contributed by atoms with Gasteiger partial charge in [-0.15, -0.1) is 0 Å². The van der Waals surface area contributed by atoms with Crippen LogP contribution in [0.25, 0.3) is 17.0 Å². The number of rotatable bonds is 4. The number of hydrogen-bond acceptors (Lipinski definition) is 5. The van der Waals surface area contributed by atoms with E-state index in [0.29, 0.717) is 12.3 Å². The largest absolute Gasteiger partial charge is 0.340 e. The minimum absolute atomic E-state index is 0.0673. The first-order valence-corrected chi connectivity index (χ1v) is 9.46. The van der Waals surface area contributed by atoms with Gasteiger partial charge in [0.05, 0.1) is 5.69 Å². The number of aromatic nitrogens is 4. The maximum Gasteiger partial charge on any atom is 0.321 e. The van der Waals surface area contributed by atoms with Crippen molar-refractivity contribution >= 4 is 29.0 Å². The van der Waals surface area contributed by atoms with Crippen LogP contribution in [0.2, 0.25) is 0 Å². The van der Waals surface area contributed by atoms with Crippen molar-refractivity contribution < 1.29 is 4.79 Å². The summed E-state index contributed by atoms with van der Waals surface area (Å²) >= 11 is 0. The van der Waals surface area contributed by atoms with Gasteiger partial charge in [-0.2, -0.15) is 14.6 Å². The summed E-state index contributed by atoms with van der Waals surface area (Å²) in [5.41, 5.74) is 3.50. The molecule has 0 atom stereocenters. The number of carbonyl (C=O) groups excluding carboxylic acids is 1. The van der Waals surface area contributed by atoms with Gasteiger partial charge in [-0.1, -0.05) is 36.4 Å². The molecule has 1 aliphatic heterocycles. The lowest BCUT2D eigenvalue weighted by molar-refractivity contribution is 0.243. The summed E-state index contributed by atoms with van der Waals surface area (Å²) in [5, 5.41) is 10.6. The molecule has 0 bridgehead atoms. The lowest BCUT2D eigenvalue weighted by Gasteiger charge is -2.27. The second-order valence-corrected chi connectivity index (χ2v) is 6.78. The summed E-state index contributed by atoms with van der Waals surface area (Å²) < 4.78 is 1.66. The lowest BCUT2D eigenvalue weighted by Crippen LogP contribution is -2.46. The van der Waals surface area contributed by atoms with E-state index in [2.05, 4.69) is 25.7 Å². The number of carbonyl (C=O) groups is 1. The Morgan fingerprint density at radius 1 is 1.03 bits per heavy atom. The highest BCUT2D eigenvalue weighted by Crippen LogP contribution is 2.26. The molecule has 5 rings (SSSR count). The molecule has 8 nitrogen and oxygen atoms in total. The van der Waals surface area contributed by atoms with Crippen LogP contribution in [-0.4, -0.2) is 38.7 Å². The molecule has 0 radical (unpaired) electrons. The third kappa shape index (κ3) is 3.36. The highest BCUT2D eigenvalue weighted by molar-refractivity contribution is 5.93. The monoisotopic (exact) mass is 385 g/mol. The number of urea groups is 1. The van der Waals surface area contributed by atoms with Crippen LogP contribution in [0.4, 0.5) is 22.0 Å². The molecule has 1 saturated heterocycles. The minimum Gasteiger partial charge on any atom is -0.340 e. The van der Waals surface area contributed by atoms with E-state index in [1.54, 1.807) is 9.42 Å². The zero-order valence-electron chi connectivity index (χ0n) is 15.6. The van der Waals surface area contributed by atoms with E-state index in [0.717, 1.165) is 41.4 Å². The molecule has 0 saturated carbocycles. The average Bonchev–Trinajstić information content (AvgIpc) is 3.24. The highest BCUT2D eigenvalue weighted by Gasteiger charge is 2.19. The normalized spacial score (nSPS) is 14.1. The summed E-state index contributed by atoms with van der Waals surface area (Å²) in [6, 6.07) is 19.6. The predicted molar refractivity (Wildman–Crippen MR) is 111 cm³/mol. The second kappa shape index (κ2) is 7.23. The van der Waals surface area contributed by atoms with Crippen LogP contribution in [-0.2, 0) is 0 Å². The Kier molecular flexibility index (Phi) is 4.28. The van der Waals surface area contributed by atoms with E-state index in [4.69, 9.17) is 0 Å². The Labute approximate surface area is 167 Å². The van der Waals surface area contributed by atoms with Gasteiger partial charge in [-0.25, -0.2) is 9.78 Å². The number of benzene rings is 2. The van der Waals surface area contributed by atoms with E-state index < -0.39 is 0 Å². The van der Waals surface area contributed by atoms with Crippen molar-refractivity contribution in [3.63, 3.8) is 0 Å². The Balaban J connectivity index is 1.51. The minimum atomic E-state index is -0.0673. The lowest BCUT2D eigenvalue weighted by atomic mass is 10.1. The van der Waals surface area contributed by atoms with Crippen molar-refractivity contribution in [2.75, 3.05) is 23.3 Å². The topological polar surface area (TPSA) is 87.5 Å². The smallest absolute Gasteiger partial charge is 0.321 e. The fourth-order valence-electron chi connectivity index (χ4n) is 3.43. The van der Waals surface area contributed by atoms with E-state index in [1.807, 2.05) is 60.7 Å². The first-order chi connectivity index (χ1) is 14.3. The summed E-state index contributed by atoms with van der Waals surface area (Å²) in [4.78, 5) is 22.8. The molecule has 2 N–H and O–H groups in total. The van der Waals surface area contributed by atoms with Gasteiger partial charge in [0, 0.05) is 36.1 Å². The maximum absolute atomic E-state index is 12.2. The maximum atomic E-state index is 12.2. The van der Waals surface area contributed by atoms with E-state index in [1.165, 1.54) is 6.33 Å². The van der Waals surface area contributed by atoms with Crippen molar-refractivity contribution in [2.45, 2.75) is 6.42 Å². The van der Waals surface area contributed by atoms with Crippen LogP contribution in [0.15, 0.2) is 67.0 Å². The van der Waals surface area contributed by atoms with Gasteiger partial charge < -0.3 is 10.6 Å². The van der Waals surface area contributed by atoms with Crippen LogP contribution < -0.4 is 15.5 Å². The molecule has 0 unspecified atom stereocenters. The van der Waals surface area contributed by atoms with Gasteiger partial charge >= 0.3 is 6.03 Å². The number of anilines is 3. The van der Waals surface area contributed by atoms with Crippen molar-refractivity contribution in [1.29, 1.82) is 0 Å². The number of amides is 2. The number of fused-ring (bicyclic) bond motifs is 1. The molecule has 2 aromatic carbocycles. The van der Waals surface area contributed by atoms with E-state index >= 15 is 0 Å². The number of nitrogens with one attached hydrogen (secondary N) is 2. The molecule has 144 valence electrons. The van der Waals surface area contributed by atoms with Crippen LogP contribution in [0, 0.1) is 0 Å². The summed E-state index contributed by atoms with van der Waals surface area (Å²) in [6.07, 6.45) is 2.41. The molecule has 2 amide bonds. The fourth-order valence-corrected chi connectivity index (χ4v) is 3.43. The third-order valence-corrected chi connectivity index (χ3v) is 4.83. The van der Waals surface area contributed by atoms with E-state index in [-0.39, 0.29) is 6.03 Å². The van der Waals surface area contributed by atoms with Gasteiger partial charge in [0.15, 0.2) is 0 Å². The first-order valence-electron chi connectivity index (χ1n) is 9.46.